The summed E-state index contributed by atoms with van der Waals surface area (Å²) >= 11 is 0. The first-order chi connectivity index (χ1) is 14.1. The summed E-state index contributed by atoms with van der Waals surface area (Å²) in [6.45, 7) is 6.36. The van der Waals surface area contributed by atoms with E-state index in [4.69, 9.17) is 4.74 Å². The van der Waals surface area contributed by atoms with Gasteiger partial charge in [-0.3, -0.25) is 14.5 Å². The van der Waals surface area contributed by atoms with Gasteiger partial charge in [0.2, 0.25) is 11.8 Å². The van der Waals surface area contributed by atoms with E-state index in [1.165, 1.54) is 0 Å². The minimum absolute atomic E-state index is 0.0782. The third-order valence-corrected chi connectivity index (χ3v) is 5.12. The molecule has 1 aromatic carbocycles. The smallest absolute Gasteiger partial charge is 0.317 e. The first kappa shape index (κ1) is 20.9. The Morgan fingerprint density at radius 1 is 1.21 bits per heavy atom. The van der Waals surface area contributed by atoms with Crippen LogP contribution in [0.25, 0.3) is 0 Å². The predicted molar refractivity (Wildman–Crippen MR) is 107 cm³/mol. The normalized spacial score (nSPS) is 19.6. The van der Waals surface area contributed by atoms with Gasteiger partial charge in [0, 0.05) is 51.4 Å². The van der Waals surface area contributed by atoms with Gasteiger partial charge in [0.25, 0.3) is 0 Å². The second-order valence-corrected chi connectivity index (χ2v) is 7.09. The van der Waals surface area contributed by atoms with Gasteiger partial charge in [-0.25, -0.2) is 4.79 Å². The SMILES string of the molecule is CCOc1ccccc1CN1CCNC(=O)[C@@H]1CC(=O)NCCN1CCNC1=O. The standard InChI is InChI=1S/C20H29N5O4/c1-2-29-17-6-4-3-5-15(17)14-25-12-8-22-19(27)16(25)13-18(26)21-7-10-24-11-9-23-20(24)28/h3-6,16H,2,7-14H2,1H3,(H,21,26)(H,22,27)(H,23,28)/t16-/m0/s1. The van der Waals surface area contributed by atoms with Crippen molar-refractivity contribution < 1.29 is 19.1 Å². The summed E-state index contributed by atoms with van der Waals surface area (Å²) in [7, 11) is 0. The van der Waals surface area contributed by atoms with Crippen molar-refractivity contribution in [2.75, 3.05) is 45.9 Å². The maximum atomic E-state index is 12.4. The van der Waals surface area contributed by atoms with Crippen molar-refractivity contribution in [2.45, 2.75) is 25.9 Å². The molecule has 3 N–H and O–H groups in total. The molecule has 9 heteroatoms. The van der Waals surface area contributed by atoms with Crippen molar-refractivity contribution in [3.05, 3.63) is 29.8 Å². The fraction of sp³-hybridized carbons (Fsp3) is 0.550. The number of para-hydroxylation sites is 1. The molecule has 0 saturated carbocycles. The van der Waals surface area contributed by atoms with E-state index in [1.807, 2.05) is 36.1 Å². The summed E-state index contributed by atoms with van der Waals surface area (Å²) in [6, 6.07) is 7.12. The molecule has 158 valence electrons. The highest BCUT2D eigenvalue weighted by Crippen LogP contribution is 2.22. The minimum atomic E-state index is -0.534. The van der Waals surface area contributed by atoms with E-state index in [2.05, 4.69) is 16.0 Å². The van der Waals surface area contributed by atoms with Gasteiger partial charge in [-0.15, -0.1) is 0 Å². The predicted octanol–water partition coefficient (Wildman–Crippen LogP) is -0.0828. The number of amides is 4. The maximum absolute atomic E-state index is 12.4. The van der Waals surface area contributed by atoms with Crippen molar-refractivity contribution in [1.82, 2.24) is 25.8 Å². The molecule has 2 aliphatic rings. The number of nitrogens with one attached hydrogen (secondary N) is 3. The molecule has 3 rings (SSSR count). The second kappa shape index (κ2) is 10.1. The van der Waals surface area contributed by atoms with E-state index in [1.54, 1.807) is 4.90 Å². The van der Waals surface area contributed by atoms with E-state index >= 15 is 0 Å². The van der Waals surface area contributed by atoms with Crippen LogP contribution in [0.4, 0.5) is 4.79 Å². The molecule has 0 unspecified atom stereocenters. The molecular formula is C20H29N5O4. The molecule has 0 aliphatic carbocycles. The first-order valence-electron chi connectivity index (χ1n) is 10.1. The number of rotatable bonds is 9. The number of carbonyl (C=O) groups excluding carboxylic acids is 3. The van der Waals surface area contributed by atoms with Gasteiger partial charge in [-0.05, 0) is 13.0 Å². The number of hydrogen-bond acceptors (Lipinski definition) is 5. The molecule has 29 heavy (non-hydrogen) atoms. The Kier molecular flexibility index (Phi) is 7.29. The van der Waals surface area contributed by atoms with Gasteiger partial charge in [0.15, 0.2) is 0 Å². The fourth-order valence-corrected chi connectivity index (χ4v) is 3.63. The third-order valence-electron chi connectivity index (χ3n) is 5.12. The number of carbonyl (C=O) groups is 3. The van der Waals surface area contributed by atoms with E-state index in [-0.39, 0.29) is 24.3 Å². The molecule has 0 radical (unpaired) electrons. The molecule has 2 heterocycles. The summed E-state index contributed by atoms with van der Waals surface area (Å²) in [5, 5.41) is 8.39. The molecule has 1 aromatic rings. The molecule has 0 bridgehead atoms. The Morgan fingerprint density at radius 3 is 2.76 bits per heavy atom. The fourth-order valence-electron chi connectivity index (χ4n) is 3.63. The maximum Gasteiger partial charge on any atom is 0.317 e. The van der Waals surface area contributed by atoms with E-state index in [0.717, 1.165) is 11.3 Å². The van der Waals surface area contributed by atoms with Crippen LogP contribution in [0.1, 0.15) is 18.9 Å². The average Bonchev–Trinajstić information content (AvgIpc) is 3.11. The quantitative estimate of drug-likeness (QED) is 0.535. The monoisotopic (exact) mass is 403 g/mol. The van der Waals surface area contributed by atoms with Crippen molar-refractivity contribution in [1.29, 1.82) is 0 Å². The lowest BCUT2D eigenvalue weighted by atomic mass is 10.1. The Morgan fingerprint density at radius 2 is 2.00 bits per heavy atom. The van der Waals surface area contributed by atoms with Crippen LogP contribution >= 0.6 is 0 Å². The Hall–Kier alpha value is -2.81. The number of nitrogens with zero attached hydrogens (tertiary/aromatic N) is 2. The highest BCUT2D eigenvalue weighted by molar-refractivity contribution is 5.88. The first-order valence-corrected chi connectivity index (χ1v) is 10.1. The lowest BCUT2D eigenvalue weighted by Gasteiger charge is -2.35. The van der Waals surface area contributed by atoms with Crippen LogP contribution in [0.2, 0.25) is 0 Å². The average molecular weight is 403 g/mol. The zero-order valence-electron chi connectivity index (χ0n) is 16.8. The lowest BCUT2D eigenvalue weighted by Crippen LogP contribution is -2.56. The lowest BCUT2D eigenvalue weighted by molar-refractivity contribution is -0.134. The Labute approximate surface area is 170 Å². The Bertz CT molecular complexity index is 741. The molecule has 2 aliphatic heterocycles. The van der Waals surface area contributed by atoms with Crippen molar-refractivity contribution >= 4 is 17.8 Å². The van der Waals surface area contributed by atoms with E-state index in [9.17, 15) is 14.4 Å². The number of ether oxygens (including phenoxy) is 1. The summed E-state index contributed by atoms with van der Waals surface area (Å²) in [6.07, 6.45) is 0.0782. The van der Waals surface area contributed by atoms with Gasteiger partial charge in [0.05, 0.1) is 19.1 Å². The Balaban J connectivity index is 1.56. The highest BCUT2D eigenvalue weighted by Gasteiger charge is 2.32. The van der Waals surface area contributed by atoms with Crippen LogP contribution in [0.5, 0.6) is 5.75 Å². The molecule has 4 amide bonds. The molecule has 2 fully saturated rings. The summed E-state index contributed by atoms with van der Waals surface area (Å²) in [4.78, 5) is 40.1. The number of hydrogen-bond donors (Lipinski definition) is 3. The van der Waals surface area contributed by atoms with Crippen molar-refractivity contribution in [3.8, 4) is 5.75 Å². The number of piperazine rings is 1. The topological polar surface area (TPSA) is 103 Å². The van der Waals surface area contributed by atoms with Gasteiger partial charge >= 0.3 is 6.03 Å². The molecule has 0 spiro atoms. The molecule has 9 nitrogen and oxygen atoms in total. The van der Waals surface area contributed by atoms with E-state index < -0.39 is 6.04 Å². The summed E-state index contributed by atoms with van der Waals surface area (Å²) in [5.41, 5.74) is 0.995. The van der Waals surface area contributed by atoms with Crippen LogP contribution in [0.3, 0.4) is 0 Å². The summed E-state index contributed by atoms with van der Waals surface area (Å²) in [5.74, 6) is 0.460. The molecule has 0 aromatic heterocycles. The van der Waals surface area contributed by atoms with Crippen LogP contribution in [0.15, 0.2) is 24.3 Å². The largest absolute Gasteiger partial charge is 0.494 e. The number of urea groups is 1. The van der Waals surface area contributed by atoms with E-state index in [0.29, 0.717) is 52.4 Å². The number of benzene rings is 1. The third kappa shape index (κ3) is 5.60. The minimum Gasteiger partial charge on any atom is -0.494 e. The summed E-state index contributed by atoms with van der Waals surface area (Å²) < 4.78 is 5.69. The highest BCUT2D eigenvalue weighted by atomic mass is 16.5. The second-order valence-electron chi connectivity index (χ2n) is 7.09. The van der Waals surface area contributed by atoms with Crippen molar-refractivity contribution in [2.24, 2.45) is 0 Å². The molecule has 2 saturated heterocycles. The van der Waals surface area contributed by atoms with Gasteiger partial charge in [-0.2, -0.15) is 0 Å². The van der Waals surface area contributed by atoms with Crippen LogP contribution < -0.4 is 20.7 Å². The van der Waals surface area contributed by atoms with Gasteiger partial charge < -0.3 is 25.6 Å². The zero-order valence-corrected chi connectivity index (χ0v) is 16.8. The molecular weight excluding hydrogens is 374 g/mol. The van der Waals surface area contributed by atoms with Crippen LogP contribution in [-0.4, -0.2) is 79.6 Å². The molecule has 1 atom stereocenters. The van der Waals surface area contributed by atoms with Crippen molar-refractivity contribution in [3.63, 3.8) is 0 Å². The zero-order chi connectivity index (χ0) is 20.6. The van der Waals surface area contributed by atoms with Gasteiger partial charge in [-0.1, -0.05) is 18.2 Å². The van der Waals surface area contributed by atoms with Gasteiger partial charge in [0.1, 0.15) is 5.75 Å². The van der Waals surface area contributed by atoms with Crippen LogP contribution in [0, 0.1) is 0 Å². The van der Waals surface area contributed by atoms with Crippen LogP contribution in [-0.2, 0) is 16.1 Å².